The molecule has 186 valence electrons. The lowest BCUT2D eigenvalue weighted by atomic mass is 9.92. The molecule has 3 rings (SSSR count). The summed E-state index contributed by atoms with van der Waals surface area (Å²) < 4.78 is 23.9. The Balaban J connectivity index is 1.92. The van der Waals surface area contributed by atoms with Crippen LogP contribution in [0.1, 0.15) is 42.5 Å². The largest absolute Gasteiger partial charge is 0.459 e. The number of unbranched alkanes of at least 4 members (excludes halogenated alkanes) is 1. The monoisotopic (exact) mass is 474 g/mol. The second-order valence-electron chi connectivity index (χ2n) is 8.30. The normalized spacial score (nSPS) is 18.1. The lowest BCUT2D eigenvalue weighted by molar-refractivity contribution is -0.158. The minimum Gasteiger partial charge on any atom is -0.459 e. The number of fused-ring (bicyclic) bond motifs is 1. The number of methoxy groups -OCH3 is 2. The number of hydrogen-bond donors (Lipinski definition) is 1. The van der Waals surface area contributed by atoms with Crippen molar-refractivity contribution in [1.29, 1.82) is 0 Å². The third-order valence-corrected chi connectivity index (χ3v) is 5.90. The smallest absolute Gasteiger partial charge is 0.288 e. The number of aliphatic hydroxyl groups is 1. The van der Waals surface area contributed by atoms with Crippen molar-refractivity contribution < 1.29 is 33.6 Å². The molecule has 0 saturated carbocycles. The van der Waals surface area contributed by atoms with Crippen molar-refractivity contribution in [2.75, 3.05) is 41.0 Å². The molecular weight excluding hydrogens is 440 g/mol. The zero-order chi connectivity index (χ0) is 24.7. The number of carbonyl (C=O) groups is 2. The Morgan fingerprint density at radius 2 is 1.97 bits per heavy atom. The van der Waals surface area contributed by atoms with Gasteiger partial charge in [-0.2, -0.15) is 0 Å². The van der Waals surface area contributed by atoms with Gasteiger partial charge < -0.3 is 29.0 Å². The summed E-state index contributed by atoms with van der Waals surface area (Å²) in [4.78, 5) is 26.9. The Labute approximate surface area is 199 Å². The topological polar surface area (TPSA) is 99.5 Å². The number of aliphatic hydroxyl groups excluding tert-OH is 1. The molecule has 2 aromatic rings. The minimum atomic E-state index is -0.638. The Morgan fingerprint density at radius 3 is 2.65 bits per heavy atom. The highest BCUT2D eigenvalue weighted by molar-refractivity contribution is 5.95. The van der Waals surface area contributed by atoms with Crippen LogP contribution in [0.4, 0.5) is 0 Å². The molecule has 0 spiro atoms. The van der Waals surface area contributed by atoms with Crippen LogP contribution in [0.2, 0.25) is 0 Å². The van der Waals surface area contributed by atoms with E-state index in [0.29, 0.717) is 25.9 Å². The molecule has 9 nitrogen and oxygen atoms in total. The van der Waals surface area contributed by atoms with Gasteiger partial charge in [0.25, 0.3) is 5.91 Å². The van der Waals surface area contributed by atoms with Gasteiger partial charge in [-0.25, -0.2) is 0 Å². The van der Waals surface area contributed by atoms with Crippen LogP contribution in [-0.4, -0.2) is 80.0 Å². The van der Waals surface area contributed by atoms with E-state index in [9.17, 15) is 9.59 Å². The number of benzene rings is 1. The Bertz CT molecular complexity index is 1010. The van der Waals surface area contributed by atoms with E-state index in [1.807, 2.05) is 30.5 Å². The van der Waals surface area contributed by atoms with Gasteiger partial charge in [0.15, 0.2) is 12.0 Å². The molecule has 2 heterocycles. The maximum atomic E-state index is 13.2. The molecule has 0 fully saturated rings. The SMILES string of the molecule is COC(CN(C)C(=O)C1=CC(c2cn(C(C)=O)c3ccccc23)CC(OCCCCO)O1)OC. The summed E-state index contributed by atoms with van der Waals surface area (Å²) in [5.74, 6) is -0.425. The van der Waals surface area contributed by atoms with Crippen molar-refractivity contribution in [2.45, 2.75) is 44.7 Å². The van der Waals surface area contributed by atoms with Gasteiger partial charge in [-0.1, -0.05) is 18.2 Å². The molecule has 2 atom stereocenters. The zero-order valence-corrected chi connectivity index (χ0v) is 20.2. The lowest BCUT2D eigenvalue weighted by Crippen LogP contribution is -2.39. The van der Waals surface area contributed by atoms with E-state index in [4.69, 9.17) is 24.1 Å². The van der Waals surface area contributed by atoms with Gasteiger partial charge in [-0.15, -0.1) is 0 Å². The third kappa shape index (κ3) is 6.04. The fourth-order valence-corrected chi connectivity index (χ4v) is 4.06. The molecule has 1 aliphatic heterocycles. The second-order valence-corrected chi connectivity index (χ2v) is 8.30. The summed E-state index contributed by atoms with van der Waals surface area (Å²) in [5.41, 5.74) is 1.75. The Kier molecular flexibility index (Phi) is 9.23. The summed E-state index contributed by atoms with van der Waals surface area (Å²) in [6, 6.07) is 7.70. The molecule has 1 aromatic carbocycles. The number of aromatic nitrogens is 1. The summed E-state index contributed by atoms with van der Waals surface area (Å²) in [6.45, 7) is 2.24. The first-order valence-electron chi connectivity index (χ1n) is 11.4. The van der Waals surface area contributed by atoms with E-state index in [2.05, 4.69) is 0 Å². The van der Waals surface area contributed by atoms with E-state index in [-0.39, 0.29) is 36.6 Å². The van der Waals surface area contributed by atoms with Gasteiger partial charge in [0, 0.05) is 58.7 Å². The van der Waals surface area contributed by atoms with Gasteiger partial charge in [0.2, 0.25) is 12.2 Å². The van der Waals surface area contributed by atoms with Crippen molar-refractivity contribution >= 4 is 22.7 Å². The number of para-hydroxylation sites is 1. The number of allylic oxidation sites excluding steroid dienone is 1. The number of carbonyl (C=O) groups excluding carboxylic acids is 2. The first-order valence-corrected chi connectivity index (χ1v) is 11.4. The van der Waals surface area contributed by atoms with Crippen molar-refractivity contribution in [3.63, 3.8) is 0 Å². The van der Waals surface area contributed by atoms with Crippen LogP contribution in [0, 0.1) is 0 Å². The molecule has 0 bridgehead atoms. The first kappa shape index (κ1) is 25.9. The molecule has 9 heteroatoms. The third-order valence-electron chi connectivity index (χ3n) is 5.90. The van der Waals surface area contributed by atoms with Gasteiger partial charge in [0.05, 0.1) is 18.7 Å². The lowest BCUT2D eigenvalue weighted by Gasteiger charge is -2.31. The summed E-state index contributed by atoms with van der Waals surface area (Å²) in [5, 5.41) is 9.98. The quantitative estimate of drug-likeness (QED) is 0.395. The van der Waals surface area contributed by atoms with E-state index in [0.717, 1.165) is 16.5 Å². The summed E-state index contributed by atoms with van der Waals surface area (Å²) in [7, 11) is 4.68. The van der Waals surface area contributed by atoms with Crippen LogP contribution in [-0.2, 0) is 23.7 Å². The van der Waals surface area contributed by atoms with Gasteiger partial charge in [-0.05, 0) is 30.5 Å². The molecule has 1 aliphatic rings. The van der Waals surface area contributed by atoms with Crippen LogP contribution < -0.4 is 0 Å². The van der Waals surface area contributed by atoms with Crippen molar-refractivity contribution in [1.82, 2.24) is 9.47 Å². The molecule has 0 aliphatic carbocycles. The molecule has 34 heavy (non-hydrogen) atoms. The predicted molar refractivity (Wildman–Crippen MR) is 126 cm³/mol. The standard InChI is InChI=1S/C25H34N2O7/c1-17(29)27-15-20(19-9-5-6-10-21(19)27)18-13-22(25(30)26(2)16-24(31-3)32-4)34-23(14-18)33-12-8-7-11-28/h5-6,9-10,13,15,18,23-24,28H,7-8,11-12,14,16H2,1-4H3. The minimum absolute atomic E-state index is 0.0866. The van der Waals surface area contributed by atoms with E-state index in [1.165, 1.54) is 26.0 Å². The molecule has 1 aromatic heterocycles. The zero-order valence-electron chi connectivity index (χ0n) is 20.2. The van der Waals surface area contributed by atoms with Gasteiger partial charge in [0.1, 0.15) is 0 Å². The van der Waals surface area contributed by atoms with Crippen LogP contribution in [0.3, 0.4) is 0 Å². The van der Waals surface area contributed by atoms with Crippen molar-refractivity contribution in [2.24, 2.45) is 0 Å². The maximum Gasteiger partial charge on any atom is 0.288 e. The fourth-order valence-electron chi connectivity index (χ4n) is 4.06. The first-order chi connectivity index (χ1) is 16.4. The van der Waals surface area contributed by atoms with E-state index in [1.54, 1.807) is 17.7 Å². The molecule has 0 radical (unpaired) electrons. The maximum absolute atomic E-state index is 13.2. The van der Waals surface area contributed by atoms with Gasteiger partial charge in [-0.3, -0.25) is 14.2 Å². The highest BCUT2D eigenvalue weighted by Crippen LogP contribution is 2.36. The fraction of sp³-hybridized carbons (Fsp3) is 0.520. The van der Waals surface area contributed by atoms with Crippen molar-refractivity contribution in [3.05, 3.63) is 47.9 Å². The second kappa shape index (κ2) is 12.1. The van der Waals surface area contributed by atoms with Crippen LogP contribution in [0.15, 0.2) is 42.3 Å². The van der Waals surface area contributed by atoms with E-state index >= 15 is 0 Å². The van der Waals surface area contributed by atoms with Crippen LogP contribution in [0.25, 0.3) is 10.9 Å². The van der Waals surface area contributed by atoms with Crippen LogP contribution >= 0.6 is 0 Å². The number of ether oxygens (including phenoxy) is 4. The summed E-state index contributed by atoms with van der Waals surface area (Å²) >= 11 is 0. The Hall–Kier alpha value is -2.72. The molecular formula is C25H34N2O7. The van der Waals surface area contributed by atoms with Crippen LogP contribution in [0.5, 0.6) is 0 Å². The molecule has 1 N–H and O–H groups in total. The summed E-state index contributed by atoms with van der Waals surface area (Å²) in [6.07, 6.45) is 4.23. The predicted octanol–water partition coefficient (Wildman–Crippen LogP) is 2.88. The number of rotatable bonds is 11. The number of nitrogens with zero attached hydrogens (tertiary/aromatic N) is 2. The number of likely N-dealkylation sites (N-methyl/N-ethyl adjacent to an activating group) is 1. The van der Waals surface area contributed by atoms with Crippen molar-refractivity contribution in [3.8, 4) is 0 Å². The highest BCUT2D eigenvalue weighted by Gasteiger charge is 2.32. The Morgan fingerprint density at radius 1 is 1.24 bits per heavy atom. The highest BCUT2D eigenvalue weighted by atomic mass is 16.7. The van der Waals surface area contributed by atoms with E-state index < -0.39 is 12.6 Å². The molecule has 0 saturated heterocycles. The average molecular weight is 475 g/mol. The average Bonchev–Trinajstić information content (AvgIpc) is 3.24. The number of amides is 1. The van der Waals surface area contributed by atoms with Gasteiger partial charge >= 0.3 is 0 Å². The molecule has 2 unspecified atom stereocenters. The molecule has 1 amide bonds. The number of hydrogen-bond acceptors (Lipinski definition) is 7.